The van der Waals surface area contributed by atoms with Gasteiger partial charge in [-0.15, -0.1) is 0 Å². The summed E-state index contributed by atoms with van der Waals surface area (Å²) in [4.78, 5) is 8.36. The second-order valence-electron chi connectivity index (χ2n) is 3.00. The zero-order valence-corrected chi connectivity index (χ0v) is 9.26. The van der Waals surface area contributed by atoms with E-state index in [0.29, 0.717) is 0 Å². The van der Waals surface area contributed by atoms with Crippen LogP contribution in [0.25, 0.3) is 0 Å². The Morgan fingerprint density at radius 1 is 1.29 bits per heavy atom. The molecule has 1 rings (SSSR count). The third kappa shape index (κ3) is 2.91. The summed E-state index contributed by atoms with van der Waals surface area (Å²) in [5.74, 6) is 2.25. The first-order valence-electron chi connectivity index (χ1n) is 4.77. The molecule has 0 atom stereocenters. The fourth-order valence-corrected chi connectivity index (χ4v) is 1.61. The molecule has 80 valence electrons. The van der Waals surface area contributed by atoms with Gasteiger partial charge in [-0.05, 0) is 31.4 Å². The zero-order chi connectivity index (χ0) is 11.1. The minimum Gasteiger partial charge on any atom is -0.483 e. The molecule has 0 unspecified atom stereocenters. The van der Waals surface area contributed by atoms with Crippen LogP contribution in [0.1, 0.15) is 36.5 Å². The SMILES string of the molecule is CCc1oc(C)c(CC)c1C.O=CO. The van der Waals surface area contributed by atoms with Gasteiger partial charge in [-0.2, -0.15) is 0 Å². The minimum absolute atomic E-state index is 0.250. The average molecular weight is 198 g/mol. The van der Waals surface area contributed by atoms with Gasteiger partial charge < -0.3 is 9.52 Å². The smallest absolute Gasteiger partial charge is 0.290 e. The van der Waals surface area contributed by atoms with Crippen molar-refractivity contribution in [3.8, 4) is 0 Å². The molecular formula is C11H18O3. The number of carboxylic acid groups (broad SMARTS) is 1. The van der Waals surface area contributed by atoms with Gasteiger partial charge >= 0.3 is 0 Å². The average Bonchev–Trinajstić information content (AvgIpc) is 2.42. The molecule has 0 spiro atoms. The zero-order valence-electron chi connectivity index (χ0n) is 9.26. The maximum Gasteiger partial charge on any atom is 0.290 e. The van der Waals surface area contributed by atoms with Crippen LogP contribution in [-0.2, 0) is 17.6 Å². The van der Waals surface area contributed by atoms with Crippen molar-refractivity contribution >= 4 is 6.47 Å². The summed E-state index contributed by atoms with van der Waals surface area (Å²) in [7, 11) is 0. The monoisotopic (exact) mass is 198 g/mol. The fraction of sp³-hybridized carbons (Fsp3) is 0.545. The molecule has 0 aliphatic rings. The molecule has 0 radical (unpaired) electrons. The molecule has 0 saturated carbocycles. The van der Waals surface area contributed by atoms with E-state index in [9.17, 15) is 0 Å². The highest BCUT2D eigenvalue weighted by Crippen LogP contribution is 2.21. The number of hydrogen-bond donors (Lipinski definition) is 1. The predicted molar refractivity (Wildman–Crippen MR) is 55.6 cm³/mol. The summed E-state index contributed by atoms with van der Waals surface area (Å²) in [6, 6.07) is 0. The first-order valence-corrected chi connectivity index (χ1v) is 4.77. The largest absolute Gasteiger partial charge is 0.483 e. The normalized spacial score (nSPS) is 9.14. The summed E-state index contributed by atoms with van der Waals surface area (Å²) < 4.78 is 5.59. The van der Waals surface area contributed by atoms with Crippen LogP contribution in [0.3, 0.4) is 0 Å². The Bertz CT molecular complexity index is 287. The standard InChI is InChI=1S/C10H16O.CH2O2/c1-5-9-7(3)10(6-2)11-8(9)4;2-1-3/h5-6H2,1-4H3;1H,(H,2,3). The molecule has 0 aromatic carbocycles. The Kier molecular flexibility index (Phi) is 5.68. The lowest BCUT2D eigenvalue weighted by Crippen LogP contribution is -1.84. The summed E-state index contributed by atoms with van der Waals surface area (Å²) in [5, 5.41) is 6.89. The van der Waals surface area contributed by atoms with Crippen molar-refractivity contribution < 1.29 is 14.3 Å². The number of hydrogen-bond acceptors (Lipinski definition) is 2. The Labute approximate surface area is 84.7 Å². The number of furan rings is 1. The quantitative estimate of drug-likeness (QED) is 0.743. The van der Waals surface area contributed by atoms with Crippen LogP contribution in [0.2, 0.25) is 0 Å². The van der Waals surface area contributed by atoms with Gasteiger partial charge in [-0.1, -0.05) is 13.8 Å². The Morgan fingerprint density at radius 3 is 2.00 bits per heavy atom. The van der Waals surface area contributed by atoms with Crippen LogP contribution in [0.15, 0.2) is 4.42 Å². The molecule has 3 nitrogen and oxygen atoms in total. The van der Waals surface area contributed by atoms with Gasteiger partial charge in [0.2, 0.25) is 0 Å². The summed E-state index contributed by atoms with van der Waals surface area (Å²) in [6.45, 7) is 8.24. The fourth-order valence-electron chi connectivity index (χ4n) is 1.61. The van der Waals surface area contributed by atoms with Gasteiger partial charge in [-0.3, -0.25) is 4.79 Å². The van der Waals surface area contributed by atoms with Gasteiger partial charge in [0.05, 0.1) is 0 Å². The summed E-state index contributed by atoms with van der Waals surface area (Å²) in [6.07, 6.45) is 2.09. The van der Waals surface area contributed by atoms with Crippen LogP contribution >= 0.6 is 0 Å². The molecule has 3 heteroatoms. The van der Waals surface area contributed by atoms with Crippen molar-refractivity contribution in [1.29, 1.82) is 0 Å². The van der Waals surface area contributed by atoms with Crippen molar-refractivity contribution in [3.63, 3.8) is 0 Å². The number of aryl methyl sites for hydroxylation is 2. The van der Waals surface area contributed by atoms with E-state index < -0.39 is 0 Å². The summed E-state index contributed by atoms with van der Waals surface area (Å²) >= 11 is 0. The molecule has 1 N–H and O–H groups in total. The third-order valence-corrected chi connectivity index (χ3v) is 2.25. The molecular weight excluding hydrogens is 180 g/mol. The molecule has 0 aliphatic heterocycles. The van der Waals surface area contributed by atoms with Crippen LogP contribution in [0.4, 0.5) is 0 Å². The predicted octanol–water partition coefficient (Wildman–Crippen LogP) is 2.72. The van der Waals surface area contributed by atoms with Crippen molar-refractivity contribution in [3.05, 3.63) is 22.6 Å². The molecule has 0 fully saturated rings. The Balaban J connectivity index is 0.000000500. The van der Waals surface area contributed by atoms with Crippen molar-refractivity contribution in [1.82, 2.24) is 0 Å². The van der Waals surface area contributed by atoms with E-state index in [1.165, 1.54) is 11.1 Å². The summed E-state index contributed by atoms with van der Waals surface area (Å²) in [5.41, 5.74) is 2.74. The van der Waals surface area contributed by atoms with Crippen LogP contribution in [-0.4, -0.2) is 11.6 Å². The molecule has 0 amide bonds. The number of rotatable bonds is 2. The van der Waals surface area contributed by atoms with E-state index in [-0.39, 0.29) is 6.47 Å². The Morgan fingerprint density at radius 2 is 1.79 bits per heavy atom. The third-order valence-electron chi connectivity index (χ3n) is 2.25. The number of carbonyl (C=O) groups is 1. The van der Waals surface area contributed by atoms with E-state index in [0.717, 1.165) is 24.4 Å². The first kappa shape index (κ1) is 12.8. The van der Waals surface area contributed by atoms with Crippen molar-refractivity contribution in [2.24, 2.45) is 0 Å². The minimum atomic E-state index is -0.250. The van der Waals surface area contributed by atoms with Gasteiger partial charge in [0, 0.05) is 6.42 Å². The molecule has 1 heterocycles. The first-order chi connectivity index (χ1) is 6.62. The van der Waals surface area contributed by atoms with Crippen molar-refractivity contribution in [2.75, 3.05) is 0 Å². The maximum atomic E-state index is 8.36. The van der Waals surface area contributed by atoms with E-state index in [1.807, 2.05) is 6.92 Å². The van der Waals surface area contributed by atoms with Gasteiger partial charge in [0.1, 0.15) is 11.5 Å². The molecule has 1 aromatic rings. The van der Waals surface area contributed by atoms with Gasteiger partial charge in [-0.25, -0.2) is 0 Å². The lowest BCUT2D eigenvalue weighted by atomic mass is 10.1. The Hall–Kier alpha value is -1.25. The highest BCUT2D eigenvalue weighted by atomic mass is 16.3. The highest BCUT2D eigenvalue weighted by Gasteiger charge is 2.09. The lowest BCUT2D eigenvalue weighted by molar-refractivity contribution is -0.122. The van der Waals surface area contributed by atoms with Crippen LogP contribution in [0.5, 0.6) is 0 Å². The van der Waals surface area contributed by atoms with Gasteiger partial charge in [0.15, 0.2) is 0 Å². The second kappa shape index (κ2) is 6.24. The molecule has 14 heavy (non-hydrogen) atoms. The van der Waals surface area contributed by atoms with E-state index in [2.05, 4.69) is 20.8 Å². The maximum absolute atomic E-state index is 8.36. The lowest BCUT2D eigenvalue weighted by Gasteiger charge is -1.93. The van der Waals surface area contributed by atoms with E-state index in [4.69, 9.17) is 14.3 Å². The second-order valence-corrected chi connectivity index (χ2v) is 3.00. The molecule has 1 aromatic heterocycles. The van der Waals surface area contributed by atoms with Crippen LogP contribution < -0.4 is 0 Å². The highest BCUT2D eigenvalue weighted by molar-refractivity contribution is 5.32. The topological polar surface area (TPSA) is 50.4 Å². The van der Waals surface area contributed by atoms with Gasteiger partial charge in [0.25, 0.3) is 6.47 Å². The van der Waals surface area contributed by atoms with Crippen LogP contribution in [0, 0.1) is 13.8 Å². The molecule has 0 bridgehead atoms. The molecule has 0 saturated heterocycles. The van der Waals surface area contributed by atoms with E-state index >= 15 is 0 Å². The molecule has 0 aliphatic carbocycles. The van der Waals surface area contributed by atoms with E-state index in [1.54, 1.807) is 0 Å². The van der Waals surface area contributed by atoms with Crippen molar-refractivity contribution in [2.45, 2.75) is 40.5 Å².